The first kappa shape index (κ1) is 58.8. The molecule has 60 heavy (non-hydrogen) atoms. The second-order valence-corrected chi connectivity index (χ2v) is 18.8. The highest BCUT2D eigenvalue weighted by Gasteiger charge is 2.22. The van der Waals surface area contributed by atoms with Gasteiger partial charge in [0.1, 0.15) is 6.10 Å². The summed E-state index contributed by atoms with van der Waals surface area (Å²) in [5.41, 5.74) is 0. The average Bonchev–Trinajstić information content (AvgIpc) is 3.25. The van der Waals surface area contributed by atoms with Gasteiger partial charge in [-0.1, -0.05) is 276 Å². The topological polar surface area (TPSA) is 89.8 Å². The van der Waals surface area contributed by atoms with Crippen molar-refractivity contribution < 1.29 is 20.1 Å². The van der Waals surface area contributed by atoms with Crippen LogP contribution in [-0.4, -0.2) is 46.1 Å². The van der Waals surface area contributed by atoms with Crippen LogP contribution in [0.2, 0.25) is 0 Å². The molecule has 4 N–H and O–H groups in total. The molecule has 0 spiro atoms. The van der Waals surface area contributed by atoms with Crippen molar-refractivity contribution in [3.8, 4) is 0 Å². The molecule has 3 atom stereocenters. The minimum atomic E-state index is -1.10. The summed E-state index contributed by atoms with van der Waals surface area (Å²) in [6, 6.07) is -0.800. The molecule has 0 aliphatic heterocycles. The number of aliphatic hydroxyl groups is 3. The zero-order valence-electron chi connectivity index (χ0n) is 40.6. The van der Waals surface area contributed by atoms with Gasteiger partial charge in [0.15, 0.2) is 0 Å². The number of unbranched alkanes of at least 4 members (excludes halogenated alkanes) is 40. The third kappa shape index (κ3) is 44.9. The summed E-state index contributed by atoms with van der Waals surface area (Å²) >= 11 is 0. The van der Waals surface area contributed by atoms with Gasteiger partial charge in [-0.3, -0.25) is 4.79 Å². The van der Waals surface area contributed by atoms with E-state index in [0.717, 1.165) is 32.1 Å². The molecule has 0 rings (SSSR count). The van der Waals surface area contributed by atoms with Gasteiger partial charge in [-0.2, -0.15) is 0 Å². The smallest absolute Gasteiger partial charge is 0.249 e. The summed E-state index contributed by atoms with van der Waals surface area (Å²) < 4.78 is 0. The van der Waals surface area contributed by atoms with Gasteiger partial charge in [0.25, 0.3) is 0 Å². The number of rotatable bonds is 50. The predicted octanol–water partition coefficient (Wildman–Crippen LogP) is 16.5. The second-order valence-electron chi connectivity index (χ2n) is 18.8. The van der Waals surface area contributed by atoms with Crippen molar-refractivity contribution in [2.75, 3.05) is 6.61 Å². The Labute approximate surface area is 375 Å². The SMILES string of the molecule is CCCCCCCCCCCCC/C=C\CCCCCCCCC(O)C(=O)NC(CO)C(O)/C=C/CCCCCCCCCCCCCCCCCCCCCCCCC. The summed E-state index contributed by atoms with van der Waals surface area (Å²) in [5, 5.41) is 33.3. The molecule has 0 saturated carbocycles. The maximum atomic E-state index is 12.5. The van der Waals surface area contributed by atoms with Crippen LogP contribution in [0.3, 0.4) is 0 Å². The number of nitrogens with one attached hydrogen (secondary N) is 1. The zero-order valence-corrected chi connectivity index (χ0v) is 40.6. The Bertz CT molecular complexity index is 890. The molecule has 0 aliphatic carbocycles. The van der Waals surface area contributed by atoms with Crippen molar-refractivity contribution in [3.05, 3.63) is 24.3 Å². The van der Waals surface area contributed by atoms with Gasteiger partial charge in [-0.25, -0.2) is 0 Å². The van der Waals surface area contributed by atoms with Crippen LogP contribution in [0.25, 0.3) is 0 Å². The van der Waals surface area contributed by atoms with E-state index in [1.165, 1.54) is 244 Å². The van der Waals surface area contributed by atoms with E-state index in [0.29, 0.717) is 6.42 Å². The van der Waals surface area contributed by atoms with Gasteiger partial charge in [0.05, 0.1) is 18.8 Å². The highest BCUT2D eigenvalue weighted by atomic mass is 16.3. The van der Waals surface area contributed by atoms with Crippen molar-refractivity contribution >= 4 is 5.91 Å². The fourth-order valence-corrected chi connectivity index (χ4v) is 8.54. The van der Waals surface area contributed by atoms with Crippen LogP contribution in [-0.2, 0) is 4.79 Å². The largest absolute Gasteiger partial charge is 0.394 e. The molecule has 5 nitrogen and oxygen atoms in total. The first-order valence-electron chi connectivity index (χ1n) is 27.2. The van der Waals surface area contributed by atoms with E-state index in [1.807, 2.05) is 6.08 Å². The minimum Gasteiger partial charge on any atom is -0.394 e. The molecule has 5 heteroatoms. The molecule has 0 fully saturated rings. The van der Waals surface area contributed by atoms with Crippen molar-refractivity contribution in [2.45, 2.75) is 315 Å². The molecule has 356 valence electrons. The quantitative estimate of drug-likeness (QED) is 0.0363. The van der Waals surface area contributed by atoms with Gasteiger partial charge < -0.3 is 20.6 Å². The Kier molecular flexibility index (Phi) is 49.5. The van der Waals surface area contributed by atoms with E-state index >= 15 is 0 Å². The zero-order chi connectivity index (χ0) is 43.7. The molecule has 0 heterocycles. The van der Waals surface area contributed by atoms with E-state index in [2.05, 4.69) is 31.3 Å². The van der Waals surface area contributed by atoms with Gasteiger partial charge in [0, 0.05) is 0 Å². The standard InChI is InChI=1S/C55H107NO4/c1-3-5-7-9-11-13-15-17-19-21-23-25-26-27-28-30-31-33-35-37-39-41-43-45-47-49-53(58)52(51-57)56-55(60)54(59)50-48-46-44-42-40-38-36-34-32-29-24-22-20-18-16-14-12-10-8-6-4-2/h32,34,47,49,52-54,57-59H,3-31,33,35-46,48,50-51H2,1-2H3,(H,56,60)/b34-32-,49-47+. The molecule has 0 aromatic heterocycles. The van der Waals surface area contributed by atoms with Crippen LogP contribution in [0.5, 0.6) is 0 Å². The molecule has 0 aliphatic rings. The van der Waals surface area contributed by atoms with Gasteiger partial charge >= 0.3 is 0 Å². The number of carbonyl (C=O) groups is 1. The average molecular weight is 846 g/mol. The summed E-state index contributed by atoms with van der Waals surface area (Å²) in [4.78, 5) is 12.5. The molecular weight excluding hydrogens is 739 g/mol. The molecule has 3 unspecified atom stereocenters. The summed E-state index contributed by atoms with van der Waals surface area (Å²) in [6.07, 6.45) is 63.9. The number of allylic oxidation sites excluding steroid dienone is 3. The normalized spacial score (nSPS) is 13.5. The van der Waals surface area contributed by atoms with Crippen LogP contribution in [0.15, 0.2) is 24.3 Å². The van der Waals surface area contributed by atoms with Crippen LogP contribution in [0.4, 0.5) is 0 Å². The molecular formula is C55H107NO4. The van der Waals surface area contributed by atoms with E-state index in [9.17, 15) is 20.1 Å². The Balaban J connectivity index is 3.59. The van der Waals surface area contributed by atoms with Crippen LogP contribution < -0.4 is 5.32 Å². The third-order valence-corrected chi connectivity index (χ3v) is 12.8. The Morgan fingerprint density at radius 3 is 0.967 bits per heavy atom. The Hall–Kier alpha value is -1.17. The summed E-state index contributed by atoms with van der Waals surface area (Å²) in [7, 11) is 0. The molecule has 0 aromatic rings. The number of aliphatic hydroxyl groups excluding tert-OH is 3. The third-order valence-electron chi connectivity index (χ3n) is 12.8. The van der Waals surface area contributed by atoms with E-state index in [4.69, 9.17) is 0 Å². The highest BCUT2D eigenvalue weighted by molar-refractivity contribution is 5.80. The lowest BCUT2D eigenvalue weighted by Crippen LogP contribution is -2.48. The number of amides is 1. The Morgan fingerprint density at radius 1 is 0.400 bits per heavy atom. The lowest BCUT2D eigenvalue weighted by atomic mass is 10.0. The first-order valence-corrected chi connectivity index (χ1v) is 27.2. The fraction of sp³-hybridized carbons (Fsp3) is 0.909. The van der Waals surface area contributed by atoms with Gasteiger partial charge in [0.2, 0.25) is 5.91 Å². The van der Waals surface area contributed by atoms with Crippen LogP contribution in [0, 0.1) is 0 Å². The molecule has 0 bridgehead atoms. The maximum Gasteiger partial charge on any atom is 0.249 e. The molecule has 1 amide bonds. The summed E-state index contributed by atoms with van der Waals surface area (Å²) in [6.45, 7) is 4.21. The van der Waals surface area contributed by atoms with Crippen molar-refractivity contribution in [3.63, 3.8) is 0 Å². The fourth-order valence-electron chi connectivity index (χ4n) is 8.54. The minimum absolute atomic E-state index is 0.363. The molecule has 0 aromatic carbocycles. The van der Waals surface area contributed by atoms with Crippen molar-refractivity contribution in [1.82, 2.24) is 5.32 Å². The number of hydrogen-bond donors (Lipinski definition) is 4. The van der Waals surface area contributed by atoms with Crippen LogP contribution in [0.1, 0.15) is 296 Å². The molecule has 0 radical (unpaired) electrons. The van der Waals surface area contributed by atoms with E-state index in [-0.39, 0.29) is 6.61 Å². The lowest BCUT2D eigenvalue weighted by molar-refractivity contribution is -0.131. The molecule has 0 saturated heterocycles. The van der Waals surface area contributed by atoms with E-state index in [1.54, 1.807) is 6.08 Å². The number of hydrogen-bond acceptors (Lipinski definition) is 4. The summed E-state index contributed by atoms with van der Waals surface area (Å²) in [5.74, 6) is -0.503. The van der Waals surface area contributed by atoms with Gasteiger partial charge in [-0.15, -0.1) is 0 Å². The second kappa shape index (κ2) is 50.5. The lowest BCUT2D eigenvalue weighted by Gasteiger charge is -2.21. The first-order chi connectivity index (χ1) is 29.6. The van der Waals surface area contributed by atoms with Crippen molar-refractivity contribution in [1.29, 1.82) is 0 Å². The highest BCUT2D eigenvalue weighted by Crippen LogP contribution is 2.17. The number of carbonyl (C=O) groups excluding carboxylic acids is 1. The Morgan fingerprint density at radius 2 is 0.667 bits per heavy atom. The monoisotopic (exact) mass is 846 g/mol. The van der Waals surface area contributed by atoms with Gasteiger partial charge in [-0.05, 0) is 44.9 Å². The van der Waals surface area contributed by atoms with E-state index < -0.39 is 24.2 Å². The predicted molar refractivity (Wildman–Crippen MR) is 264 cm³/mol. The van der Waals surface area contributed by atoms with Crippen LogP contribution >= 0.6 is 0 Å². The maximum absolute atomic E-state index is 12.5. The van der Waals surface area contributed by atoms with Crippen molar-refractivity contribution in [2.24, 2.45) is 0 Å².